The van der Waals surface area contributed by atoms with E-state index in [9.17, 15) is 0 Å². The highest BCUT2D eigenvalue weighted by atomic mass is 15.3. The van der Waals surface area contributed by atoms with Crippen LogP contribution in [0.2, 0.25) is 0 Å². The number of aromatic nitrogens is 3. The zero-order valence-corrected chi connectivity index (χ0v) is 11.7. The van der Waals surface area contributed by atoms with Crippen LogP contribution in [0.5, 0.6) is 0 Å². The Morgan fingerprint density at radius 2 is 2.15 bits per heavy atom. The maximum Gasteiger partial charge on any atom is 0.157 e. The minimum atomic E-state index is 0.585. The molecule has 2 aromatic heterocycles. The summed E-state index contributed by atoms with van der Waals surface area (Å²) < 4.78 is 1.82. The Morgan fingerprint density at radius 3 is 3.05 bits per heavy atom. The van der Waals surface area contributed by atoms with Crippen LogP contribution < -0.4 is 10.2 Å². The van der Waals surface area contributed by atoms with Crippen LogP contribution in [0, 0.1) is 0 Å². The second kappa shape index (κ2) is 5.05. The van der Waals surface area contributed by atoms with E-state index in [1.165, 1.54) is 32.1 Å². The number of hydrogen-bond donors (Lipinski definition) is 1. The molecule has 106 valence electrons. The minimum Gasteiger partial charge on any atom is -0.352 e. The lowest BCUT2D eigenvalue weighted by molar-refractivity contribution is 0.432. The predicted molar refractivity (Wildman–Crippen MR) is 79.0 cm³/mol. The standard InChI is InChI=1S/C15H21N5/c1-2-9-19(13(3-1)11-16-12-4-5-12)14-7-10-20-15(18-14)6-8-17-20/h6-8,10,12-13,16H,1-5,9,11H2. The van der Waals surface area contributed by atoms with E-state index in [2.05, 4.69) is 21.4 Å². The van der Waals surface area contributed by atoms with Crippen molar-refractivity contribution < 1.29 is 0 Å². The molecule has 0 amide bonds. The molecule has 20 heavy (non-hydrogen) atoms. The fourth-order valence-electron chi connectivity index (χ4n) is 3.07. The number of hydrogen-bond acceptors (Lipinski definition) is 4. The van der Waals surface area contributed by atoms with Gasteiger partial charge in [0.25, 0.3) is 0 Å². The molecule has 1 aliphatic carbocycles. The van der Waals surface area contributed by atoms with Gasteiger partial charge in [-0.25, -0.2) is 9.50 Å². The van der Waals surface area contributed by atoms with Crippen molar-refractivity contribution in [2.75, 3.05) is 18.0 Å². The molecule has 1 N–H and O–H groups in total. The number of nitrogens with zero attached hydrogens (tertiary/aromatic N) is 4. The van der Waals surface area contributed by atoms with E-state index < -0.39 is 0 Å². The van der Waals surface area contributed by atoms with Gasteiger partial charge in [0.2, 0.25) is 0 Å². The molecule has 4 rings (SSSR count). The van der Waals surface area contributed by atoms with Crippen molar-refractivity contribution >= 4 is 11.5 Å². The first-order valence-corrected chi connectivity index (χ1v) is 7.70. The first kappa shape index (κ1) is 12.1. The molecule has 0 spiro atoms. The molecular formula is C15H21N5. The monoisotopic (exact) mass is 271 g/mol. The topological polar surface area (TPSA) is 45.5 Å². The summed E-state index contributed by atoms with van der Waals surface area (Å²) in [6.45, 7) is 2.21. The summed E-state index contributed by atoms with van der Waals surface area (Å²) in [6, 6.07) is 5.42. The van der Waals surface area contributed by atoms with Gasteiger partial charge in [-0.1, -0.05) is 0 Å². The van der Waals surface area contributed by atoms with Crippen molar-refractivity contribution in [2.24, 2.45) is 0 Å². The van der Waals surface area contributed by atoms with Crippen LogP contribution in [-0.4, -0.2) is 39.8 Å². The molecule has 1 aliphatic heterocycles. The Morgan fingerprint density at radius 1 is 1.20 bits per heavy atom. The lowest BCUT2D eigenvalue weighted by atomic mass is 10.0. The molecule has 3 heterocycles. The molecule has 2 fully saturated rings. The van der Waals surface area contributed by atoms with E-state index in [0.717, 1.165) is 30.6 Å². The average Bonchev–Trinajstić information content (AvgIpc) is 3.20. The highest BCUT2D eigenvalue weighted by Crippen LogP contribution is 2.25. The van der Waals surface area contributed by atoms with E-state index >= 15 is 0 Å². The summed E-state index contributed by atoms with van der Waals surface area (Å²) in [5.74, 6) is 1.10. The van der Waals surface area contributed by atoms with Gasteiger partial charge in [0.05, 0.1) is 6.20 Å². The third kappa shape index (κ3) is 2.38. The lowest BCUT2D eigenvalue weighted by Gasteiger charge is -2.37. The van der Waals surface area contributed by atoms with E-state index in [1.54, 1.807) is 6.20 Å². The smallest absolute Gasteiger partial charge is 0.157 e. The van der Waals surface area contributed by atoms with Crippen LogP contribution in [0.25, 0.3) is 5.65 Å². The highest BCUT2D eigenvalue weighted by molar-refractivity contribution is 5.48. The number of piperidine rings is 1. The van der Waals surface area contributed by atoms with E-state index in [4.69, 9.17) is 4.98 Å². The fourth-order valence-corrected chi connectivity index (χ4v) is 3.07. The van der Waals surface area contributed by atoms with Crippen LogP contribution in [0.4, 0.5) is 5.82 Å². The van der Waals surface area contributed by atoms with Crippen LogP contribution in [-0.2, 0) is 0 Å². The predicted octanol–water partition coefficient (Wildman–Crippen LogP) is 1.84. The van der Waals surface area contributed by atoms with Crippen LogP contribution in [0.1, 0.15) is 32.1 Å². The number of fused-ring (bicyclic) bond motifs is 1. The van der Waals surface area contributed by atoms with Crippen LogP contribution in [0.3, 0.4) is 0 Å². The number of rotatable bonds is 4. The van der Waals surface area contributed by atoms with Gasteiger partial charge in [-0.2, -0.15) is 5.10 Å². The maximum atomic E-state index is 4.75. The molecule has 2 aliphatic rings. The SMILES string of the molecule is c1cc2nc(N3CCCCC3CNC3CC3)ccn2n1. The van der Waals surface area contributed by atoms with Crippen LogP contribution >= 0.6 is 0 Å². The van der Waals surface area contributed by atoms with E-state index in [-0.39, 0.29) is 0 Å². The van der Waals surface area contributed by atoms with Gasteiger partial charge in [-0.3, -0.25) is 0 Å². The minimum absolute atomic E-state index is 0.585. The van der Waals surface area contributed by atoms with Crippen molar-refractivity contribution in [3.63, 3.8) is 0 Å². The lowest BCUT2D eigenvalue weighted by Crippen LogP contribution is -2.46. The summed E-state index contributed by atoms with van der Waals surface area (Å²) in [5, 5.41) is 7.89. The molecule has 0 bridgehead atoms. The average molecular weight is 271 g/mol. The molecule has 5 nitrogen and oxygen atoms in total. The second-order valence-corrected chi connectivity index (χ2v) is 5.95. The number of anilines is 1. The molecule has 2 aromatic rings. The second-order valence-electron chi connectivity index (χ2n) is 5.95. The maximum absolute atomic E-state index is 4.75. The molecule has 1 atom stereocenters. The van der Waals surface area contributed by atoms with Crippen molar-refractivity contribution in [3.05, 3.63) is 24.5 Å². The van der Waals surface area contributed by atoms with Crippen LogP contribution in [0.15, 0.2) is 24.5 Å². The number of nitrogens with one attached hydrogen (secondary N) is 1. The van der Waals surface area contributed by atoms with Gasteiger partial charge in [0, 0.05) is 37.4 Å². The third-order valence-electron chi connectivity index (χ3n) is 4.38. The molecule has 5 heteroatoms. The quantitative estimate of drug-likeness (QED) is 0.921. The Kier molecular flexibility index (Phi) is 3.07. The molecular weight excluding hydrogens is 250 g/mol. The van der Waals surface area contributed by atoms with Gasteiger partial charge in [-0.05, 0) is 38.2 Å². The zero-order valence-electron chi connectivity index (χ0n) is 11.7. The molecule has 1 saturated heterocycles. The molecule has 0 aromatic carbocycles. The Hall–Kier alpha value is -1.62. The molecule has 1 unspecified atom stereocenters. The van der Waals surface area contributed by atoms with Crippen molar-refractivity contribution in [3.8, 4) is 0 Å². The fraction of sp³-hybridized carbons (Fsp3) is 0.600. The van der Waals surface area contributed by atoms with E-state index in [1.807, 2.05) is 16.8 Å². The van der Waals surface area contributed by atoms with Gasteiger partial charge < -0.3 is 10.2 Å². The normalized spacial score (nSPS) is 23.4. The first-order chi connectivity index (χ1) is 9.90. The summed E-state index contributed by atoms with van der Waals surface area (Å²) >= 11 is 0. The first-order valence-electron chi connectivity index (χ1n) is 7.70. The summed E-state index contributed by atoms with van der Waals surface area (Å²) in [7, 11) is 0. The van der Waals surface area contributed by atoms with Crippen molar-refractivity contribution in [1.82, 2.24) is 19.9 Å². The Bertz CT molecular complexity index is 589. The third-order valence-corrected chi connectivity index (χ3v) is 4.38. The highest BCUT2D eigenvalue weighted by Gasteiger charge is 2.27. The Labute approximate surface area is 119 Å². The van der Waals surface area contributed by atoms with Gasteiger partial charge >= 0.3 is 0 Å². The van der Waals surface area contributed by atoms with Crippen molar-refractivity contribution in [1.29, 1.82) is 0 Å². The summed E-state index contributed by atoms with van der Waals surface area (Å²) in [4.78, 5) is 7.23. The molecule has 1 saturated carbocycles. The van der Waals surface area contributed by atoms with Gasteiger partial charge in [-0.15, -0.1) is 0 Å². The van der Waals surface area contributed by atoms with Gasteiger partial charge in [0.15, 0.2) is 5.65 Å². The summed E-state index contributed by atoms with van der Waals surface area (Å²) in [6.07, 6.45) is 10.4. The summed E-state index contributed by atoms with van der Waals surface area (Å²) in [5.41, 5.74) is 0.932. The molecule has 0 radical (unpaired) electrons. The largest absolute Gasteiger partial charge is 0.352 e. The van der Waals surface area contributed by atoms with Crippen molar-refractivity contribution in [2.45, 2.75) is 44.2 Å². The zero-order chi connectivity index (χ0) is 13.4. The van der Waals surface area contributed by atoms with Gasteiger partial charge in [0.1, 0.15) is 5.82 Å². The Balaban J connectivity index is 1.55. The van der Waals surface area contributed by atoms with E-state index in [0.29, 0.717) is 6.04 Å².